The smallest absolute Gasteiger partial charge is 0.129 e. The molecule has 1 saturated heterocycles. The minimum atomic E-state index is -0.0868. The number of aryl methyl sites for hydroxylation is 2. The van der Waals surface area contributed by atoms with Crippen molar-refractivity contribution in [2.75, 3.05) is 24.7 Å². The van der Waals surface area contributed by atoms with Gasteiger partial charge in [-0.3, -0.25) is 0 Å². The lowest BCUT2D eigenvalue weighted by Gasteiger charge is -2.38. The van der Waals surface area contributed by atoms with Crippen LogP contribution in [0.15, 0.2) is 12.1 Å². The van der Waals surface area contributed by atoms with Crippen molar-refractivity contribution >= 4 is 5.82 Å². The highest BCUT2D eigenvalue weighted by atomic mass is 16.5. The molecule has 3 rings (SSSR count). The predicted octanol–water partition coefficient (Wildman–Crippen LogP) is 1.16. The summed E-state index contributed by atoms with van der Waals surface area (Å²) in [6.07, 6.45) is 3.41. The van der Waals surface area contributed by atoms with E-state index in [0.29, 0.717) is 12.6 Å². The average molecular weight is 248 g/mol. The molecule has 4 nitrogen and oxygen atoms in total. The molecule has 2 unspecified atom stereocenters. The number of ether oxygens (including phenoxy) is 1. The molecule has 1 aliphatic carbocycles. The molecule has 0 aromatic carbocycles. The van der Waals surface area contributed by atoms with Crippen molar-refractivity contribution in [1.29, 1.82) is 0 Å². The Kier molecular flexibility index (Phi) is 3.22. The quantitative estimate of drug-likeness (QED) is 0.853. The van der Waals surface area contributed by atoms with Gasteiger partial charge in [-0.05, 0) is 37.8 Å². The van der Waals surface area contributed by atoms with Gasteiger partial charge in [-0.2, -0.15) is 0 Å². The lowest BCUT2D eigenvalue weighted by molar-refractivity contribution is -0.0105. The van der Waals surface area contributed by atoms with Crippen LogP contribution in [0.1, 0.15) is 24.6 Å². The fraction of sp³-hybridized carbons (Fsp3) is 0.643. The molecule has 0 bridgehead atoms. The molecule has 1 aliphatic heterocycles. The Morgan fingerprint density at radius 3 is 3.17 bits per heavy atom. The molecule has 2 aliphatic rings. The molecule has 0 radical (unpaired) electrons. The minimum absolute atomic E-state index is 0.0775. The van der Waals surface area contributed by atoms with Gasteiger partial charge in [0.2, 0.25) is 0 Å². The topological polar surface area (TPSA) is 45.6 Å². The lowest BCUT2D eigenvalue weighted by Crippen LogP contribution is -2.50. The fourth-order valence-corrected chi connectivity index (χ4v) is 2.82. The Hall–Kier alpha value is -1.13. The zero-order valence-corrected chi connectivity index (χ0v) is 10.8. The SMILES string of the molecule is CC1COC(CO)CN1c1ccc2c(n1)CCC2. The minimum Gasteiger partial charge on any atom is -0.394 e. The van der Waals surface area contributed by atoms with E-state index < -0.39 is 0 Å². The third kappa shape index (κ3) is 2.10. The molecule has 0 spiro atoms. The number of fused-ring (bicyclic) bond motifs is 1. The van der Waals surface area contributed by atoms with Crippen molar-refractivity contribution in [3.63, 3.8) is 0 Å². The van der Waals surface area contributed by atoms with Crippen molar-refractivity contribution in [2.45, 2.75) is 38.3 Å². The maximum absolute atomic E-state index is 9.22. The zero-order chi connectivity index (χ0) is 12.5. The van der Waals surface area contributed by atoms with Crippen molar-refractivity contribution in [3.05, 3.63) is 23.4 Å². The van der Waals surface area contributed by atoms with E-state index in [0.717, 1.165) is 18.8 Å². The molecular weight excluding hydrogens is 228 g/mol. The predicted molar refractivity (Wildman–Crippen MR) is 69.9 cm³/mol. The highest BCUT2D eigenvalue weighted by Crippen LogP contribution is 2.25. The van der Waals surface area contributed by atoms with Crippen molar-refractivity contribution in [1.82, 2.24) is 4.98 Å². The van der Waals surface area contributed by atoms with Crippen molar-refractivity contribution in [3.8, 4) is 0 Å². The molecular formula is C14H20N2O2. The number of pyridine rings is 1. The standard InChI is InChI=1S/C14H20N2O2/c1-10-9-18-12(8-17)7-16(10)14-6-5-11-3-2-4-13(11)15-14/h5-6,10,12,17H,2-4,7-9H2,1H3. The second-order valence-corrected chi connectivity index (χ2v) is 5.27. The highest BCUT2D eigenvalue weighted by molar-refractivity contribution is 5.44. The first-order chi connectivity index (χ1) is 8.78. The van der Waals surface area contributed by atoms with Gasteiger partial charge in [0.25, 0.3) is 0 Å². The molecule has 0 saturated carbocycles. The van der Waals surface area contributed by atoms with Crippen LogP contribution in [0.5, 0.6) is 0 Å². The zero-order valence-electron chi connectivity index (χ0n) is 10.8. The molecule has 1 aromatic rings. The van der Waals surface area contributed by atoms with Crippen LogP contribution in [-0.2, 0) is 17.6 Å². The summed E-state index contributed by atoms with van der Waals surface area (Å²) >= 11 is 0. The van der Waals surface area contributed by atoms with E-state index in [1.807, 2.05) is 0 Å². The van der Waals surface area contributed by atoms with Gasteiger partial charge in [0, 0.05) is 12.2 Å². The Morgan fingerprint density at radius 2 is 2.33 bits per heavy atom. The van der Waals surface area contributed by atoms with Crippen LogP contribution < -0.4 is 4.90 Å². The van der Waals surface area contributed by atoms with Gasteiger partial charge in [0.1, 0.15) is 5.82 Å². The number of aromatic nitrogens is 1. The molecule has 1 fully saturated rings. The first-order valence-electron chi connectivity index (χ1n) is 6.76. The third-order valence-corrected chi connectivity index (χ3v) is 3.92. The fourth-order valence-electron chi connectivity index (χ4n) is 2.82. The van der Waals surface area contributed by atoms with Crippen LogP contribution in [-0.4, -0.2) is 42.0 Å². The summed E-state index contributed by atoms with van der Waals surface area (Å²) in [5, 5.41) is 9.22. The Bertz CT molecular complexity index is 436. The summed E-state index contributed by atoms with van der Waals surface area (Å²) < 4.78 is 5.56. The van der Waals surface area contributed by atoms with Crippen LogP contribution in [0.3, 0.4) is 0 Å². The molecule has 98 valence electrons. The van der Waals surface area contributed by atoms with Gasteiger partial charge in [-0.25, -0.2) is 4.98 Å². The molecule has 0 amide bonds. The van der Waals surface area contributed by atoms with E-state index in [2.05, 4.69) is 24.0 Å². The van der Waals surface area contributed by atoms with Gasteiger partial charge in [-0.1, -0.05) is 6.07 Å². The van der Waals surface area contributed by atoms with Crippen LogP contribution in [0, 0.1) is 0 Å². The van der Waals surface area contributed by atoms with E-state index in [4.69, 9.17) is 9.72 Å². The summed E-state index contributed by atoms with van der Waals surface area (Å²) in [7, 11) is 0. The second-order valence-electron chi connectivity index (χ2n) is 5.27. The van der Waals surface area contributed by atoms with Gasteiger partial charge in [-0.15, -0.1) is 0 Å². The van der Waals surface area contributed by atoms with Gasteiger partial charge in [0.05, 0.1) is 25.4 Å². The molecule has 2 heterocycles. The van der Waals surface area contributed by atoms with E-state index in [1.54, 1.807) is 0 Å². The van der Waals surface area contributed by atoms with Crippen LogP contribution in [0.25, 0.3) is 0 Å². The molecule has 2 atom stereocenters. The van der Waals surface area contributed by atoms with Crippen molar-refractivity contribution in [2.24, 2.45) is 0 Å². The van der Waals surface area contributed by atoms with Crippen LogP contribution in [0.4, 0.5) is 5.82 Å². The number of aliphatic hydroxyl groups excluding tert-OH is 1. The number of morpholine rings is 1. The van der Waals surface area contributed by atoms with E-state index >= 15 is 0 Å². The summed E-state index contributed by atoms with van der Waals surface area (Å²) in [5.74, 6) is 1.03. The summed E-state index contributed by atoms with van der Waals surface area (Å²) in [5.41, 5.74) is 2.66. The van der Waals surface area contributed by atoms with Gasteiger partial charge >= 0.3 is 0 Å². The Labute approximate surface area is 108 Å². The normalized spacial score (nSPS) is 27.3. The summed E-state index contributed by atoms with van der Waals surface area (Å²) in [6.45, 7) is 3.60. The number of hydrogen-bond acceptors (Lipinski definition) is 4. The maximum Gasteiger partial charge on any atom is 0.129 e. The van der Waals surface area contributed by atoms with E-state index in [-0.39, 0.29) is 12.7 Å². The Balaban J connectivity index is 1.84. The first kappa shape index (κ1) is 11.9. The first-order valence-corrected chi connectivity index (χ1v) is 6.76. The number of aliphatic hydroxyl groups is 1. The average Bonchev–Trinajstić information content (AvgIpc) is 2.86. The molecule has 1 N–H and O–H groups in total. The number of nitrogens with zero attached hydrogens (tertiary/aromatic N) is 2. The van der Waals surface area contributed by atoms with E-state index in [9.17, 15) is 5.11 Å². The monoisotopic (exact) mass is 248 g/mol. The highest BCUT2D eigenvalue weighted by Gasteiger charge is 2.27. The largest absolute Gasteiger partial charge is 0.394 e. The van der Waals surface area contributed by atoms with Gasteiger partial charge < -0.3 is 14.7 Å². The molecule has 18 heavy (non-hydrogen) atoms. The van der Waals surface area contributed by atoms with E-state index in [1.165, 1.54) is 24.1 Å². The Morgan fingerprint density at radius 1 is 1.44 bits per heavy atom. The summed E-state index contributed by atoms with van der Waals surface area (Å²) in [6, 6.07) is 4.64. The van der Waals surface area contributed by atoms with Crippen LogP contribution >= 0.6 is 0 Å². The maximum atomic E-state index is 9.22. The number of hydrogen-bond donors (Lipinski definition) is 1. The lowest BCUT2D eigenvalue weighted by atomic mass is 10.1. The third-order valence-electron chi connectivity index (χ3n) is 3.92. The summed E-state index contributed by atoms with van der Waals surface area (Å²) in [4.78, 5) is 7.04. The number of rotatable bonds is 2. The number of anilines is 1. The molecule has 1 aromatic heterocycles. The second kappa shape index (κ2) is 4.86. The van der Waals surface area contributed by atoms with Crippen molar-refractivity contribution < 1.29 is 9.84 Å². The van der Waals surface area contributed by atoms with Crippen LogP contribution in [0.2, 0.25) is 0 Å². The van der Waals surface area contributed by atoms with Gasteiger partial charge in [0.15, 0.2) is 0 Å². The molecule has 4 heteroatoms.